The number of rotatable bonds is 3. The molecule has 2 nitrogen and oxygen atoms in total. The Morgan fingerprint density at radius 2 is 2.25 bits per heavy atom. The molecule has 0 aromatic carbocycles. The fraction of sp³-hybridized carbons (Fsp3) is 0.529. The van der Waals surface area contributed by atoms with Crippen molar-refractivity contribution in [2.45, 2.75) is 52.7 Å². The third-order valence-electron chi connectivity index (χ3n) is 4.40. The Bertz CT molecular complexity index is 595. The van der Waals surface area contributed by atoms with Crippen molar-refractivity contribution in [3.63, 3.8) is 0 Å². The van der Waals surface area contributed by atoms with Crippen LogP contribution < -0.4 is 0 Å². The van der Waals surface area contributed by atoms with E-state index in [9.17, 15) is 5.11 Å². The molecular formula is C17H23NOS. The summed E-state index contributed by atoms with van der Waals surface area (Å²) in [4.78, 5) is 0. The summed E-state index contributed by atoms with van der Waals surface area (Å²) in [6.07, 6.45) is 2.71. The largest absolute Gasteiger partial charge is 0.388 e. The molecule has 1 aliphatic rings. The maximum Gasteiger partial charge on any atom is 0.0812 e. The van der Waals surface area contributed by atoms with Crippen LogP contribution in [0.25, 0.3) is 0 Å². The maximum absolute atomic E-state index is 10.4. The first-order valence-corrected chi connectivity index (χ1v) is 8.29. The lowest BCUT2D eigenvalue weighted by molar-refractivity contribution is 0.0979. The van der Waals surface area contributed by atoms with Crippen LogP contribution >= 0.6 is 11.3 Å². The van der Waals surface area contributed by atoms with Crippen LogP contribution in [0.1, 0.15) is 48.9 Å². The van der Waals surface area contributed by atoms with Gasteiger partial charge in [0.15, 0.2) is 0 Å². The van der Waals surface area contributed by atoms with E-state index >= 15 is 0 Å². The molecule has 0 aliphatic heterocycles. The molecule has 2 heterocycles. The van der Waals surface area contributed by atoms with Crippen molar-refractivity contribution in [2.75, 3.05) is 0 Å². The highest BCUT2D eigenvalue weighted by atomic mass is 32.1. The zero-order chi connectivity index (χ0) is 14.3. The van der Waals surface area contributed by atoms with Gasteiger partial charge in [-0.1, -0.05) is 13.8 Å². The number of fused-ring (bicyclic) bond motifs is 1. The number of hydrogen-bond acceptors (Lipinski definition) is 2. The highest BCUT2D eigenvalue weighted by Crippen LogP contribution is 2.41. The van der Waals surface area contributed by atoms with Gasteiger partial charge in [-0.3, -0.25) is 0 Å². The van der Waals surface area contributed by atoms with Crippen molar-refractivity contribution in [3.8, 4) is 0 Å². The minimum atomic E-state index is -0.296. The molecule has 0 saturated heterocycles. The first-order chi connectivity index (χ1) is 9.46. The average molecular weight is 289 g/mol. The Kier molecular flexibility index (Phi) is 3.51. The van der Waals surface area contributed by atoms with Crippen LogP contribution in [0.15, 0.2) is 22.9 Å². The Labute approximate surface area is 125 Å². The van der Waals surface area contributed by atoms with Crippen molar-refractivity contribution in [1.29, 1.82) is 0 Å². The second-order valence-corrected chi connectivity index (χ2v) is 7.56. The fourth-order valence-electron chi connectivity index (χ4n) is 3.39. The molecule has 1 aliphatic carbocycles. The van der Waals surface area contributed by atoms with E-state index in [1.54, 1.807) is 11.3 Å². The summed E-state index contributed by atoms with van der Waals surface area (Å²) < 4.78 is 2.41. The predicted molar refractivity (Wildman–Crippen MR) is 84.3 cm³/mol. The summed E-state index contributed by atoms with van der Waals surface area (Å²) in [5, 5.41) is 14.7. The zero-order valence-electron chi connectivity index (χ0n) is 12.5. The minimum absolute atomic E-state index is 0.192. The van der Waals surface area contributed by atoms with Gasteiger partial charge in [0, 0.05) is 23.5 Å². The van der Waals surface area contributed by atoms with Crippen molar-refractivity contribution >= 4 is 11.3 Å². The summed E-state index contributed by atoms with van der Waals surface area (Å²) in [7, 11) is 0. The second kappa shape index (κ2) is 5.05. The molecule has 0 amide bonds. The number of aryl methyl sites for hydroxylation is 2. The molecule has 2 aromatic heterocycles. The van der Waals surface area contributed by atoms with Gasteiger partial charge >= 0.3 is 0 Å². The lowest BCUT2D eigenvalue weighted by Gasteiger charge is -2.34. The van der Waals surface area contributed by atoms with E-state index in [4.69, 9.17) is 0 Å². The van der Waals surface area contributed by atoms with E-state index in [1.165, 1.54) is 17.0 Å². The van der Waals surface area contributed by atoms with Crippen LogP contribution in [0, 0.1) is 12.3 Å². The highest BCUT2D eigenvalue weighted by Gasteiger charge is 2.33. The third kappa shape index (κ3) is 2.57. The quantitative estimate of drug-likeness (QED) is 0.904. The summed E-state index contributed by atoms with van der Waals surface area (Å²) in [5.74, 6) is 0. The number of aromatic nitrogens is 1. The van der Waals surface area contributed by atoms with Crippen LogP contribution in [0.2, 0.25) is 0 Å². The Hall–Kier alpha value is -1.06. The van der Waals surface area contributed by atoms with Crippen molar-refractivity contribution in [3.05, 3.63) is 45.4 Å². The van der Waals surface area contributed by atoms with Gasteiger partial charge < -0.3 is 9.67 Å². The van der Waals surface area contributed by atoms with Crippen LogP contribution in [0.4, 0.5) is 0 Å². The molecule has 1 atom stereocenters. The molecule has 2 aromatic rings. The first-order valence-electron chi connectivity index (χ1n) is 7.34. The minimum Gasteiger partial charge on any atom is -0.388 e. The Balaban J connectivity index is 1.88. The number of aliphatic hydroxyl groups is 1. The number of hydrogen-bond donors (Lipinski definition) is 1. The van der Waals surface area contributed by atoms with E-state index in [0.717, 1.165) is 31.4 Å². The van der Waals surface area contributed by atoms with Crippen molar-refractivity contribution < 1.29 is 5.11 Å². The third-order valence-corrected chi connectivity index (χ3v) is 5.14. The molecule has 0 radical (unpaired) electrons. The molecule has 3 rings (SSSR count). The van der Waals surface area contributed by atoms with E-state index in [2.05, 4.69) is 48.2 Å². The number of aliphatic hydroxyl groups excluding tert-OH is 1. The molecule has 0 fully saturated rings. The van der Waals surface area contributed by atoms with Crippen molar-refractivity contribution in [2.24, 2.45) is 5.41 Å². The lowest BCUT2D eigenvalue weighted by Crippen LogP contribution is -2.27. The summed E-state index contributed by atoms with van der Waals surface area (Å²) in [5.41, 5.74) is 5.39. The molecule has 20 heavy (non-hydrogen) atoms. The maximum atomic E-state index is 10.4. The van der Waals surface area contributed by atoms with E-state index < -0.39 is 0 Å². The topological polar surface area (TPSA) is 25.2 Å². The summed E-state index contributed by atoms with van der Waals surface area (Å²) >= 11 is 1.76. The zero-order valence-corrected chi connectivity index (χ0v) is 13.3. The molecular weight excluding hydrogens is 266 g/mol. The van der Waals surface area contributed by atoms with E-state index in [-0.39, 0.29) is 11.5 Å². The van der Waals surface area contributed by atoms with Gasteiger partial charge in [-0.05, 0) is 60.1 Å². The SMILES string of the molecule is Cc1cc2c(n1CCc1ccsc1)CC(C)(C)CC2O. The standard InChI is InChI=1S/C17H23NOS/c1-12-8-14-15(9-17(2,3)10-16(14)19)18(12)6-4-13-5-7-20-11-13/h5,7-8,11,16,19H,4,6,9-10H2,1-3H3. The van der Waals surface area contributed by atoms with E-state index in [1.807, 2.05) is 0 Å². The van der Waals surface area contributed by atoms with Gasteiger partial charge in [0.1, 0.15) is 0 Å². The molecule has 1 N–H and O–H groups in total. The Morgan fingerprint density at radius 1 is 1.45 bits per heavy atom. The monoisotopic (exact) mass is 289 g/mol. The van der Waals surface area contributed by atoms with Gasteiger partial charge in [0.05, 0.1) is 6.10 Å². The van der Waals surface area contributed by atoms with Gasteiger partial charge in [-0.25, -0.2) is 0 Å². The molecule has 108 valence electrons. The van der Waals surface area contributed by atoms with Gasteiger partial charge in [-0.2, -0.15) is 11.3 Å². The van der Waals surface area contributed by atoms with Gasteiger partial charge in [0.2, 0.25) is 0 Å². The number of thiophene rings is 1. The van der Waals surface area contributed by atoms with Crippen LogP contribution in [0.3, 0.4) is 0 Å². The van der Waals surface area contributed by atoms with E-state index in [0.29, 0.717) is 0 Å². The molecule has 0 bridgehead atoms. The predicted octanol–water partition coefficient (Wildman–Crippen LogP) is 4.11. The fourth-order valence-corrected chi connectivity index (χ4v) is 4.09. The molecule has 3 heteroatoms. The normalized spacial score (nSPS) is 20.9. The smallest absolute Gasteiger partial charge is 0.0812 e. The Morgan fingerprint density at radius 3 is 2.95 bits per heavy atom. The molecule has 0 saturated carbocycles. The molecule has 0 spiro atoms. The van der Waals surface area contributed by atoms with Gasteiger partial charge in [0.25, 0.3) is 0 Å². The first kappa shape index (κ1) is 13.9. The highest BCUT2D eigenvalue weighted by molar-refractivity contribution is 7.07. The summed E-state index contributed by atoms with van der Waals surface area (Å²) in [6.45, 7) is 7.68. The lowest BCUT2D eigenvalue weighted by atomic mass is 9.75. The van der Waals surface area contributed by atoms with Crippen molar-refractivity contribution in [1.82, 2.24) is 4.57 Å². The summed E-state index contributed by atoms with van der Waals surface area (Å²) in [6, 6.07) is 4.39. The van der Waals surface area contributed by atoms with Crippen LogP contribution in [-0.4, -0.2) is 9.67 Å². The van der Waals surface area contributed by atoms with Gasteiger partial charge in [-0.15, -0.1) is 0 Å². The molecule has 1 unspecified atom stereocenters. The number of nitrogens with zero attached hydrogens (tertiary/aromatic N) is 1. The second-order valence-electron chi connectivity index (χ2n) is 6.78. The van der Waals surface area contributed by atoms with Crippen LogP contribution in [-0.2, 0) is 19.4 Å². The average Bonchev–Trinajstić information content (AvgIpc) is 2.94. The van der Waals surface area contributed by atoms with Crippen LogP contribution in [0.5, 0.6) is 0 Å².